The van der Waals surface area contributed by atoms with Gasteiger partial charge in [0.25, 0.3) is 5.91 Å². The van der Waals surface area contributed by atoms with Crippen molar-refractivity contribution in [3.63, 3.8) is 0 Å². The number of nitrogens with two attached hydrogens (primary N) is 1. The van der Waals surface area contributed by atoms with Gasteiger partial charge >= 0.3 is 0 Å². The number of nitrogen functional groups attached to an aromatic ring is 1. The van der Waals surface area contributed by atoms with Crippen molar-refractivity contribution in [3.05, 3.63) is 23.0 Å². The molecule has 0 aromatic carbocycles. The molecule has 1 aromatic heterocycles. The number of nitrogens with zero attached hydrogens (tertiary/aromatic N) is 2. The van der Waals surface area contributed by atoms with Crippen LogP contribution < -0.4 is 11.1 Å². The Bertz CT molecular complexity index is 505. The predicted octanol–water partition coefficient (Wildman–Crippen LogP) is 1.30. The largest absolute Gasteiger partial charge is 0.397 e. The van der Waals surface area contributed by atoms with Gasteiger partial charge in [-0.25, -0.2) is 4.98 Å². The van der Waals surface area contributed by atoms with Crippen LogP contribution in [0.3, 0.4) is 0 Å². The summed E-state index contributed by atoms with van der Waals surface area (Å²) in [6, 6.07) is 1.43. The van der Waals surface area contributed by atoms with Crippen LogP contribution in [0.2, 0.25) is 5.15 Å². The van der Waals surface area contributed by atoms with Crippen molar-refractivity contribution in [1.29, 1.82) is 0 Å². The van der Waals surface area contributed by atoms with Crippen molar-refractivity contribution in [1.82, 2.24) is 15.2 Å². The number of aromatic nitrogens is 1. The molecule has 0 bridgehead atoms. The van der Waals surface area contributed by atoms with Crippen LogP contribution in [0.5, 0.6) is 0 Å². The van der Waals surface area contributed by atoms with Crippen molar-refractivity contribution in [2.24, 2.45) is 0 Å². The number of pyridine rings is 1. The number of hydrogen-bond donors (Lipinski definition) is 2. The zero-order valence-corrected chi connectivity index (χ0v) is 12.6. The Kier molecular flexibility index (Phi) is 5.76. The van der Waals surface area contributed by atoms with Gasteiger partial charge in [0.1, 0.15) is 5.15 Å². The molecular weight excluding hydrogens is 280 g/mol. The van der Waals surface area contributed by atoms with Crippen molar-refractivity contribution >= 4 is 29.1 Å². The average Bonchev–Trinajstić information content (AvgIpc) is 2.37. The number of nitrogens with one attached hydrogen (secondary N) is 1. The predicted molar refractivity (Wildman–Crippen MR) is 78.5 cm³/mol. The van der Waals surface area contributed by atoms with E-state index in [1.165, 1.54) is 17.2 Å². The lowest BCUT2D eigenvalue weighted by molar-refractivity contribution is -0.122. The molecule has 0 unspecified atom stereocenters. The normalized spacial score (nSPS) is 10.4. The van der Waals surface area contributed by atoms with Crippen molar-refractivity contribution in [2.75, 3.05) is 18.8 Å². The van der Waals surface area contributed by atoms with Crippen LogP contribution in [-0.4, -0.2) is 40.8 Å². The van der Waals surface area contributed by atoms with E-state index < -0.39 is 0 Å². The van der Waals surface area contributed by atoms with Gasteiger partial charge in [0, 0.05) is 12.6 Å². The Morgan fingerprint density at radius 1 is 1.50 bits per heavy atom. The lowest BCUT2D eigenvalue weighted by Crippen LogP contribution is -2.42. The van der Waals surface area contributed by atoms with Crippen LogP contribution in [-0.2, 0) is 4.79 Å². The number of halogens is 1. The van der Waals surface area contributed by atoms with Crippen molar-refractivity contribution in [2.45, 2.75) is 26.8 Å². The molecule has 110 valence electrons. The summed E-state index contributed by atoms with van der Waals surface area (Å²) < 4.78 is 0. The van der Waals surface area contributed by atoms with E-state index >= 15 is 0 Å². The van der Waals surface area contributed by atoms with E-state index in [0.29, 0.717) is 6.54 Å². The summed E-state index contributed by atoms with van der Waals surface area (Å²) in [4.78, 5) is 29.3. The molecule has 0 aliphatic carbocycles. The van der Waals surface area contributed by atoms with Gasteiger partial charge in [-0.3, -0.25) is 9.59 Å². The van der Waals surface area contributed by atoms with Gasteiger partial charge in [0.2, 0.25) is 5.91 Å². The number of rotatable bonds is 5. The molecule has 1 rings (SSSR count). The highest BCUT2D eigenvalue weighted by Gasteiger charge is 2.20. The highest BCUT2D eigenvalue weighted by molar-refractivity contribution is 6.29. The molecule has 7 heteroatoms. The van der Waals surface area contributed by atoms with Crippen molar-refractivity contribution in [3.8, 4) is 0 Å². The second-order valence-electron chi connectivity index (χ2n) is 4.64. The van der Waals surface area contributed by atoms with Crippen LogP contribution in [0.15, 0.2) is 12.3 Å². The van der Waals surface area contributed by atoms with E-state index in [-0.39, 0.29) is 40.8 Å². The molecule has 0 atom stereocenters. The Morgan fingerprint density at radius 3 is 2.70 bits per heavy atom. The van der Waals surface area contributed by atoms with Gasteiger partial charge in [0.05, 0.1) is 24.0 Å². The summed E-state index contributed by atoms with van der Waals surface area (Å²) in [6.45, 7) is 5.88. The van der Waals surface area contributed by atoms with E-state index in [9.17, 15) is 9.59 Å². The van der Waals surface area contributed by atoms with Crippen LogP contribution in [0.4, 0.5) is 5.69 Å². The van der Waals surface area contributed by atoms with Gasteiger partial charge in [-0.05, 0) is 26.8 Å². The Labute approximate surface area is 123 Å². The number of carbonyl (C=O) groups is 2. The molecular formula is C13H19ClN4O2. The molecule has 6 nitrogen and oxygen atoms in total. The maximum Gasteiger partial charge on any atom is 0.256 e. The van der Waals surface area contributed by atoms with E-state index in [4.69, 9.17) is 17.3 Å². The Hall–Kier alpha value is -1.82. The zero-order chi connectivity index (χ0) is 15.3. The zero-order valence-electron chi connectivity index (χ0n) is 11.8. The first-order valence-corrected chi connectivity index (χ1v) is 6.72. The summed E-state index contributed by atoms with van der Waals surface area (Å²) in [5.41, 5.74) is 6.22. The fourth-order valence-electron chi connectivity index (χ4n) is 1.66. The monoisotopic (exact) mass is 298 g/mol. The summed E-state index contributed by atoms with van der Waals surface area (Å²) in [5.74, 6) is -0.554. The Balaban J connectivity index is 2.86. The minimum atomic E-state index is -0.340. The number of hydrogen-bond acceptors (Lipinski definition) is 4. The van der Waals surface area contributed by atoms with Crippen LogP contribution in [0.1, 0.15) is 31.1 Å². The molecule has 0 saturated heterocycles. The fourth-order valence-corrected chi connectivity index (χ4v) is 1.82. The highest BCUT2D eigenvalue weighted by atomic mass is 35.5. The quantitative estimate of drug-likeness (QED) is 0.802. The van der Waals surface area contributed by atoms with Crippen LogP contribution >= 0.6 is 11.6 Å². The molecule has 2 amide bonds. The third-order valence-corrected chi connectivity index (χ3v) is 2.79. The Morgan fingerprint density at radius 2 is 2.15 bits per heavy atom. The number of likely N-dealkylation sites (N-methyl/N-ethyl adjacent to an activating group) is 1. The van der Waals surface area contributed by atoms with E-state index in [2.05, 4.69) is 10.3 Å². The van der Waals surface area contributed by atoms with Crippen LogP contribution in [0.25, 0.3) is 0 Å². The van der Waals surface area contributed by atoms with E-state index in [1.807, 2.05) is 13.8 Å². The van der Waals surface area contributed by atoms with Gasteiger partial charge in [-0.2, -0.15) is 0 Å². The second-order valence-corrected chi connectivity index (χ2v) is 5.02. The molecule has 3 N–H and O–H groups in total. The molecule has 0 fully saturated rings. The van der Waals surface area contributed by atoms with Crippen molar-refractivity contribution < 1.29 is 9.59 Å². The number of anilines is 1. The van der Waals surface area contributed by atoms with Gasteiger partial charge in [0.15, 0.2) is 0 Å². The van der Waals surface area contributed by atoms with E-state index in [0.717, 1.165) is 0 Å². The van der Waals surface area contributed by atoms with Crippen LogP contribution in [0, 0.1) is 0 Å². The summed E-state index contributed by atoms with van der Waals surface area (Å²) in [7, 11) is 0. The maximum absolute atomic E-state index is 12.3. The lowest BCUT2D eigenvalue weighted by atomic mass is 10.2. The topological polar surface area (TPSA) is 88.3 Å². The molecule has 0 aliphatic heterocycles. The molecule has 0 saturated carbocycles. The summed E-state index contributed by atoms with van der Waals surface area (Å²) >= 11 is 5.77. The molecule has 1 aromatic rings. The smallest absolute Gasteiger partial charge is 0.256 e. The highest BCUT2D eigenvalue weighted by Crippen LogP contribution is 2.17. The standard InChI is InChI=1S/C13H19ClN4O2/c1-4-18(7-12(19)17-8(2)3)13(20)9-5-11(14)16-6-10(9)15/h5-6,8H,4,7,15H2,1-3H3,(H,17,19). The molecule has 0 aliphatic rings. The third kappa shape index (κ3) is 4.38. The summed E-state index contributed by atoms with van der Waals surface area (Å²) in [6.07, 6.45) is 1.33. The van der Waals surface area contributed by atoms with Gasteiger partial charge in [-0.1, -0.05) is 11.6 Å². The number of amides is 2. The minimum absolute atomic E-state index is 0.0209. The third-order valence-electron chi connectivity index (χ3n) is 2.58. The SMILES string of the molecule is CCN(CC(=O)NC(C)C)C(=O)c1cc(Cl)ncc1N. The molecule has 1 heterocycles. The van der Waals surface area contributed by atoms with Gasteiger partial charge < -0.3 is 16.0 Å². The van der Waals surface area contributed by atoms with Gasteiger partial charge in [-0.15, -0.1) is 0 Å². The molecule has 0 spiro atoms. The first-order chi connectivity index (χ1) is 9.35. The number of carbonyl (C=O) groups excluding carboxylic acids is 2. The fraction of sp³-hybridized carbons (Fsp3) is 0.462. The first-order valence-electron chi connectivity index (χ1n) is 6.34. The first kappa shape index (κ1) is 16.2. The minimum Gasteiger partial charge on any atom is -0.397 e. The molecule has 0 radical (unpaired) electrons. The van der Waals surface area contributed by atoms with E-state index in [1.54, 1.807) is 6.92 Å². The average molecular weight is 299 g/mol. The second kappa shape index (κ2) is 7.09. The summed E-state index contributed by atoms with van der Waals surface area (Å²) in [5, 5.41) is 2.92. The lowest BCUT2D eigenvalue weighted by Gasteiger charge is -2.21. The maximum atomic E-state index is 12.3. The molecule has 20 heavy (non-hydrogen) atoms.